The van der Waals surface area contributed by atoms with E-state index in [9.17, 15) is 0 Å². The monoisotopic (exact) mass is 343 g/mol. The molecule has 2 heterocycles. The number of halogens is 1. The first-order valence-corrected chi connectivity index (χ1v) is 6.30. The molecule has 0 unspecified atom stereocenters. The molecule has 0 aromatic carbocycles. The minimum absolute atomic E-state index is 0.134. The van der Waals surface area contributed by atoms with Gasteiger partial charge in [0.1, 0.15) is 11.6 Å². The molecule has 6 heteroatoms. The summed E-state index contributed by atoms with van der Waals surface area (Å²) in [7, 11) is 0. The number of nitrogens with two attached hydrogens (primary N) is 1. The molecule has 0 spiro atoms. The Morgan fingerprint density at radius 2 is 2.00 bits per heavy atom. The molecular formula is C11H14IN5. The summed E-state index contributed by atoms with van der Waals surface area (Å²) in [6.45, 7) is 6.16. The molecule has 0 radical (unpaired) electrons. The van der Waals surface area contributed by atoms with E-state index in [0.717, 1.165) is 9.39 Å². The average Bonchev–Trinajstić information content (AvgIpc) is 2.62. The summed E-state index contributed by atoms with van der Waals surface area (Å²) in [5.74, 6) is 1.88. The molecule has 0 aliphatic heterocycles. The molecule has 2 rings (SSSR count). The van der Waals surface area contributed by atoms with E-state index >= 15 is 0 Å². The van der Waals surface area contributed by atoms with Gasteiger partial charge in [-0.3, -0.25) is 0 Å². The third kappa shape index (κ3) is 2.74. The first-order valence-electron chi connectivity index (χ1n) is 5.22. The summed E-state index contributed by atoms with van der Waals surface area (Å²) in [5.41, 5.74) is 5.67. The number of rotatable bonds is 1. The van der Waals surface area contributed by atoms with Gasteiger partial charge in [0.15, 0.2) is 5.82 Å². The van der Waals surface area contributed by atoms with Crippen LogP contribution in [0, 0.1) is 3.57 Å². The number of aromatic nitrogens is 4. The molecule has 0 bridgehead atoms. The van der Waals surface area contributed by atoms with Gasteiger partial charge >= 0.3 is 0 Å². The van der Waals surface area contributed by atoms with Gasteiger partial charge in [-0.05, 0) is 22.6 Å². The fourth-order valence-corrected chi connectivity index (χ4v) is 1.72. The molecule has 2 N–H and O–H groups in total. The zero-order valence-corrected chi connectivity index (χ0v) is 12.1. The largest absolute Gasteiger partial charge is 0.384 e. The van der Waals surface area contributed by atoms with Crippen molar-refractivity contribution in [2.45, 2.75) is 26.2 Å². The fourth-order valence-electron chi connectivity index (χ4n) is 1.33. The Labute approximate surface area is 114 Å². The molecule has 0 fully saturated rings. The van der Waals surface area contributed by atoms with Crippen LogP contribution in [-0.2, 0) is 5.41 Å². The van der Waals surface area contributed by atoms with Crippen LogP contribution in [0.4, 0.5) is 5.82 Å². The molecule has 5 nitrogen and oxygen atoms in total. The van der Waals surface area contributed by atoms with E-state index in [-0.39, 0.29) is 5.41 Å². The van der Waals surface area contributed by atoms with Crippen LogP contribution in [0.1, 0.15) is 26.6 Å². The Hall–Kier alpha value is -1.18. The van der Waals surface area contributed by atoms with Crippen molar-refractivity contribution >= 4 is 28.4 Å². The normalized spacial score (nSPS) is 11.8. The molecule has 0 amide bonds. The third-order valence-corrected chi connectivity index (χ3v) is 2.75. The first-order chi connectivity index (χ1) is 7.86. The minimum Gasteiger partial charge on any atom is -0.384 e. The Kier molecular flexibility index (Phi) is 3.07. The summed E-state index contributed by atoms with van der Waals surface area (Å²) in [5, 5.41) is 4.21. The minimum atomic E-state index is -0.134. The Bertz CT molecular complexity index is 541. The van der Waals surface area contributed by atoms with Gasteiger partial charge in [0.2, 0.25) is 0 Å². The molecule has 0 saturated heterocycles. The zero-order valence-electron chi connectivity index (χ0n) is 9.98. The van der Waals surface area contributed by atoms with Crippen molar-refractivity contribution < 1.29 is 0 Å². The smallest absolute Gasteiger partial charge is 0.159 e. The Morgan fingerprint density at radius 1 is 1.29 bits per heavy atom. The summed E-state index contributed by atoms with van der Waals surface area (Å²) in [6.07, 6.45) is 3.67. The first kappa shape index (κ1) is 12.3. The number of anilines is 1. The predicted octanol–water partition coefficient (Wildman–Crippen LogP) is 2.15. The molecule has 2 aromatic heterocycles. The molecule has 0 atom stereocenters. The van der Waals surface area contributed by atoms with Crippen LogP contribution in [0.15, 0.2) is 18.5 Å². The van der Waals surface area contributed by atoms with Gasteiger partial charge in [-0.1, -0.05) is 20.8 Å². The molecule has 90 valence electrons. The summed E-state index contributed by atoms with van der Waals surface area (Å²) < 4.78 is 2.76. The Balaban J connectivity index is 2.52. The van der Waals surface area contributed by atoms with Crippen LogP contribution in [0.2, 0.25) is 0 Å². The van der Waals surface area contributed by atoms with Gasteiger partial charge in [-0.2, -0.15) is 5.10 Å². The second kappa shape index (κ2) is 4.25. The highest BCUT2D eigenvalue weighted by Crippen LogP contribution is 2.20. The third-order valence-electron chi connectivity index (χ3n) is 2.19. The molecule has 0 saturated carbocycles. The van der Waals surface area contributed by atoms with Crippen LogP contribution in [0.3, 0.4) is 0 Å². The van der Waals surface area contributed by atoms with Gasteiger partial charge in [0, 0.05) is 17.7 Å². The van der Waals surface area contributed by atoms with Crippen LogP contribution >= 0.6 is 22.6 Å². The van der Waals surface area contributed by atoms with E-state index in [1.807, 2.05) is 6.20 Å². The van der Waals surface area contributed by atoms with Crippen LogP contribution in [-0.4, -0.2) is 19.7 Å². The Morgan fingerprint density at radius 3 is 2.53 bits per heavy atom. The van der Waals surface area contributed by atoms with E-state index in [0.29, 0.717) is 11.6 Å². The quantitative estimate of drug-likeness (QED) is 0.806. The van der Waals surface area contributed by atoms with Crippen molar-refractivity contribution in [3.8, 4) is 5.82 Å². The van der Waals surface area contributed by atoms with Crippen LogP contribution in [0.5, 0.6) is 0 Å². The molecule has 0 aliphatic carbocycles. The summed E-state index contributed by atoms with van der Waals surface area (Å²) in [6, 6.07) is 1.72. The lowest BCUT2D eigenvalue weighted by Gasteiger charge is -2.17. The standard InChI is InChI=1S/C11H14IN5/c1-11(2,3)10-15-8(13)4-9(16-10)17-6-7(12)5-14-17/h4-6H,1-3H3,(H2,13,15,16). The van der Waals surface area contributed by atoms with E-state index in [1.54, 1.807) is 16.9 Å². The van der Waals surface area contributed by atoms with Crippen molar-refractivity contribution in [2.24, 2.45) is 0 Å². The summed E-state index contributed by atoms with van der Waals surface area (Å²) in [4.78, 5) is 8.76. The number of nitrogens with zero attached hydrogens (tertiary/aromatic N) is 4. The molecule has 2 aromatic rings. The lowest BCUT2D eigenvalue weighted by molar-refractivity contribution is 0.543. The van der Waals surface area contributed by atoms with Crippen molar-refractivity contribution in [3.05, 3.63) is 27.9 Å². The van der Waals surface area contributed by atoms with Crippen molar-refractivity contribution in [1.29, 1.82) is 0 Å². The van der Waals surface area contributed by atoms with Gasteiger partial charge in [-0.25, -0.2) is 14.6 Å². The van der Waals surface area contributed by atoms with Gasteiger partial charge in [0.05, 0.1) is 9.77 Å². The predicted molar refractivity (Wildman–Crippen MR) is 75.0 cm³/mol. The SMILES string of the molecule is CC(C)(C)c1nc(N)cc(-n2cc(I)cn2)n1. The number of nitrogen functional groups attached to an aromatic ring is 1. The van der Waals surface area contributed by atoms with E-state index in [1.165, 1.54) is 0 Å². The fraction of sp³-hybridized carbons (Fsp3) is 0.364. The van der Waals surface area contributed by atoms with Gasteiger partial charge < -0.3 is 5.73 Å². The maximum atomic E-state index is 5.81. The number of hydrogen-bond donors (Lipinski definition) is 1. The molecular weight excluding hydrogens is 329 g/mol. The number of hydrogen-bond acceptors (Lipinski definition) is 4. The lowest BCUT2D eigenvalue weighted by atomic mass is 9.96. The zero-order chi connectivity index (χ0) is 12.6. The van der Waals surface area contributed by atoms with Crippen molar-refractivity contribution in [2.75, 3.05) is 5.73 Å². The van der Waals surface area contributed by atoms with Gasteiger partial charge in [0.25, 0.3) is 0 Å². The average molecular weight is 343 g/mol. The molecule has 17 heavy (non-hydrogen) atoms. The van der Waals surface area contributed by atoms with Crippen molar-refractivity contribution in [1.82, 2.24) is 19.7 Å². The second-order valence-electron chi connectivity index (χ2n) is 4.83. The van der Waals surface area contributed by atoms with E-state index < -0.39 is 0 Å². The van der Waals surface area contributed by atoms with Crippen LogP contribution < -0.4 is 5.73 Å². The second-order valence-corrected chi connectivity index (χ2v) is 6.07. The van der Waals surface area contributed by atoms with Crippen molar-refractivity contribution in [3.63, 3.8) is 0 Å². The highest BCUT2D eigenvalue weighted by molar-refractivity contribution is 14.1. The highest BCUT2D eigenvalue weighted by Gasteiger charge is 2.19. The van der Waals surface area contributed by atoms with Gasteiger partial charge in [-0.15, -0.1) is 0 Å². The maximum Gasteiger partial charge on any atom is 0.159 e. The van der Waals surface area contributed by atoms with E-state index in [4.69, 9.17) is 5.73 Å². The summed E-state index contributed by atoms with van der Waals surface area (Å²) >= 11 is 2.20. The van der Waals surface area contributed by atoms with E-state index in [2.05, 4.69) is 58.4 Å². The highest BCUT2D eigenvalue weighted by atomic mass is 127. The molecule has 0 aliphatic rings. The topological polar surface area (TPSA) is 69.6 Å². The lowest BCUT2D eigenvalue weighted by Crippen LogP contribution is -2.18. The maximum absolute atomic E-state index is 5.81. The van der Waals surface area contributed by atoms with Crippen LogP contribution in [0.25, 0.3) is 5.82 Å².